The predicted octanol–water partition coefficient (Wildman–Crippen LogP) is 8.50. The lowest BCUT2D eigenvalue weighted by Gasteiger charge is -2.09. The number of nitrogens with zero attached hydrogens (tertiary/aromatic N) is 2. The fourth-order valence-corrected chi connectivity index (χ4v) is 5.47. The van der Waals surface area contributed by atoms with Gasteiger partial charge in [0.25, 0.3) is 0 Å². The third-order valence-corrected chi connectivity index (χ3v) is 6.99. The van der Waals surface area contributed by atoms with Crippen molar-refractivity contribution in [3.8, 4) is 11.4 Å². The average Bonchev–Trinajstić information content (AvgIpc) is 3.35. The Morgan fingerprint density at radius 3 is 1.18 bits per heavy atom. The van der Waals surface area contributed by atoms with Gasteiger partial charge in [0.15, 0.2) is 0 Å². The van der Waals surface area contributed by atoms with Crippen molar-refractivity contribution in [3.63, 3.8) is 0 Å². The van der Waals surface area contributed by atoms with Crippen molar-refractivity contribution < 1.29 is 0 Å². The highest BCUT2D eigenvalue weighted by Gasteiger charge is 2.18. The van der Waals surface area contributed by atoms with Gasteiger partial charge in [0, 0.05) is 32.9 Å². The molecule has 5 aromatic carbocycles. The quantitative estimate of drug-likeness (QED) is 0.257. The van der Waals surface area contributed by atoms with Gasteiger partial charge in [0.1, 0.15) is 0 Å². The number of aromatic nitrogens is 2. The summed E-state index contributed by atoms with van der Waals surface area (Å²) in [5, 5.41) is 5.15. The van der Waals surface area contributed by atoms with Crippen LogP contribution in [0.5, 0.6) is 0 Å². The van der Waals surface area contributed by atoms with Gasteiger partial charge < -0.3 is 9.13 Å². The molecule has 2 heterocycles. The van der Waals surface area contributed by atoms with Gasteiger partial charge >= 0.3 is 0 Å². The average molecular weight is 437 g/mol. The molecular formula is C32H24N2. The molecule has 162 valence electrons. The Labute approximate surface area is 198 Å². The minimum Gasteiger partial charge on any atom is -0.309 e. The van der Waals surface area contributed by atoms with Crippen LogP contribution in [0.1, 0.15) is 11.1 Å². The van der Waals surface area contributed by atoms with Gasteiger partial charge in [-0.3, -0.25) is 0 Å². The second-order valence-corrected chi connectivity index (χ2v) is 9.27. The van der Waals surface area contributed by atoms with Crippen molar-refractivity contribution in [2.45, 2.75) is 13.8 Å². The smallest absolute Gasteiger partial charge is 0.0548 e. The lowest BCUT2D eigenvalue weighted by Crippen LogP contribution is -1.94. The zero-order valence-corrected chi connectivity index (χ0v) is 19.3. The number of fused-ring (bicyclic) bond motifs is 6. The van der Waals surface area contributed by atoms with Crippen LogP contribution in [0.15, 0.2) is 109 Å². The van der Waals surface area contributed by atoms with Crippen molar-refractivity contribution >= 4 is 43.6 Å². The maximum Gasteiger partial charge on any atom is 0.0548 e. The molecule has 0 aliphatic rings. The first-order chi connectivity index (χ1) is 16.7. The van der Waals surface area contributed by atoms with Crippen LogP contribution in [0.2, 0.25) is 0 Å². The number of rotatable bonds is 2. The summed E-state index contributed by atoms with van der Waals surface area (Å²) in [5.74, 6) is 0. The highest BCUT2D eigenvalue weighted by atomic mass is 15.0. The maximum atomic E-state index is 2.41. The summed E-state index contributed by atoms with van der Waals surface area (Å²) in [6, 6.07) is 39.8. The number of hydrogen-bond donors (Lipinski definition) is 0. The Morgan fingerprint density at radius 2 is 0.765 bits per heavy atom. The molecule has 0 radical (unpaired) electrons. The van der Waals surface area contributed by atoms with E-state index in [1.165, 1.54) is 66.1 Å². The van der Waals surface area contributed by atoms with Gasteiger partial charge in [-0.25, -0.2) is 0 Å². The molecule has 0 aliphatic heterocycles. The van der Waals surface area contributed by atoms with Crippen LogP contribution in [0.3, 0.4) is 0 Å². The zero-order valence-electron chi connectivity index (χ0n) is 19.3. The van der Waals surface area contributed by atoms with E-state index in [4.69, 9.17) is 0 Å². The van der Waals surface area contributed by atoms with Crippen molar-refractivity contribution in [3.05, 3.63) is 120 Å². The summed E-state index contributed by atoms with van der Waals surface area (Å²) in [6.07, 6.45) is 0. The number of aryl methyl sites for hydroxylation is 2. The molecule has 0 N–H and O–H groups in total. The fraction of sp³-hybridized carbons (Fsp3) is 0.0625. The SMILES string of the molecule is Cc1ccc2c(c1)c1cc3c(cc1n2-c1ccccc1)c1cc(C)ccc1n3-c1ccccc1. The maximum absolute atomic E-state index is 2.41. The molecule has 0 spiro atoms. The van der Waals surface area contributed by atoms with Crippen LogP contribution in [-0.2, 0) is 0 Å². The Kier molecular flexibility index (Phi) is 4.01. The topological polar surface area (TPSA) is 9.86 Å². The molecule has 2 heteroatoms. The van der Waals surface area contributed by atoms with Crippen molar-refractivity contribution in [1.82, 2.24) is 9.13 Å². The van der Waals surface area contributed by atoms with E-state index >= 15 is 0 Å². The van der Waals surface area contributed by atoms with Gasteiger partial charge in [-0.05, 0) is 74.5 Å². The van der Waals surface area contributed by atoms with E-state index in [1.54, 1.807) is 0 Å². The van der Waals surface area contributed by atoms with E-state index in [-0.39, 0.29) is 0 Å². The van der Waals surface area contributed by atoms with Crippen molar-refractivity contribution in [2.75, 3.05) is 0 Å². The molecule has 34 heavy (non-hydrogen) atoms. The molecule has 0 fully saturated rings. The summed E-state index contributed by atoms with van der Waals surface area (Å²) >= 11 is 0. The van der Waals surface area contributed by atoms with Crippen LogP contribution in [0.4, 0.5) is 0 Å². The third kappa shape index (κ3) is 2.69. The second-order valence-electron chi connectivity index (χ2n) is 9.27. The molecule has 0 aliphatic carbocycles. The highest BCUT2D eigenvalue weighted by Crippen LogP contribution is 2.39. The Balaban J connectivity index is 1.71. The minimum absolute atomic E-state index is 1.19. The minimum atomic E-state index is 1.19. The van der Waals surface area contributed by atoms with Crippen molar-refractivity contribution in [1.29, 1.82) is 0 Å². The van der Waals surface area contributed by atoms with E-state index < -0.39 is 0 Å². The Hall–Kier alpha value is -4.30. The van der Waals surface area contributed by atoms with E-state index in [9.17, 15) is 0 Å². The lowest BCUT2D eigenvalue weighted by molar-refractivity contribution is 1.17. The first-order valence-electron chi connectivity index (χ1n) is 11.8. The van der Waals surface area contributed by atoms with E-state index in [2.05, 4.69) is 132 Å². The molecule has 0 bridgehead atoms. The third-order valence-electron chi connectivity index (χ3n) is 6.99. The van der Waals surface area contributed by atoms with Gasteiger partial charge in [0.05, 0.1) is 22.1 Å². The number of hydrogen-bond acceptors (Lipinski definition) is 0. The van der Waals surface area contributed by atoms with Crippen LogP contribution in [0, 0.1) is 13.8 Å². The summed E-state index contributed by atoms with van der Waals surface area (Å²) in [7, 11) is 0. The molecular weight excluding hydrogens is 412 g/mol. The van der Waals surface area contributed by atoms with Crippen LogP contribution >= 0.6 is 0 Å². The summed E-state index contributed by atoms with van der Waals surface area (Å²) in [5.41, 5.74) is 9.90. The fourth-order valence-electron chi connectivity index (χ4n) is 5.47. The number of benzene rings is 5. The zero-order chi connectivity index (χ0) is 22.8. The molecule has 0 amide bonds. The first-order valence-corrected chi connectivity index (χ1v) is 11.8. The van der Waals surface area contributed by atoms with E-state index in [0.717, 1.165) is 0 Å². The number of para-hydroxylation sites is 2. The van der Waals surface area contributed by atoms with E-state index in [1.807, 2.05) is 0 Å². The largest absolute Gasteiger partial charge is 0.309 e. The molecule has 0 unspecified atom stereocenters. The molecule has 2 nitrogen and oxygen atoms in total. The van der Waals surface area contributed by atoms with Gasteiger partial charge in [0.2, 0.25) is 0 Å². The molecule has 0 atom stereocenters. The molecule has 2 aromatic heterocycles. The molecule has 0 saturated carbocycles. The van der Waals surface area contributed by atoms with Crippen molar-refractivity contribution in [2.24, 2.45) is 0 Å². The summed E-state index contributed by atoms with van der Waals surface area (Å²) < 4.78 is 4.82. The normalized spacial score (nSPS) is 11.8. The standard InChI is InChI=1S/C32H24N2/c1-21-13-15-29-25(17-21)27-19-32-28(20-31(27)33(29)23-9-5-3-6-10-23)26-18-22(2)14-16-30(26)34(32)24-11-7-4-8-12-24/h3-20H,1-2H3. The monoisotopic (exact) mass is 436 g/mol. The molecule has 0 saturated heterocycles. The predicted molar refractivity (Wildman–Crippen MR) is 145 cm³/mol. The van der Waals surface area contributed by atoms with Crippen LogP contribution < -0.4 is 0 Å². The van der Waals surface area contributed by atoms with Crippen LogP contribution in [-0.4, -0.2) is 9.13 Å². The Bertz CT molecular complexity index is 1710. The second kappa shape index (κ2) is 7.10. The lowest BCUT2D eigenvalue weighted by atomic mass is 10.1. The van der Waals surface area contributed by atoms with Gasteiger partial charge in [-0.1, -0.05) is 59.7 Å². The summed E-state index contributed by atoms with van der Waals surface area (Å²) in [6.45, 7) is 4.35. The van der Waals surface area contributed by atoms with E-state index in [0.29, 0.717) is 0 Å². The van der Waals surface area contributed by atoms with Gasteiger partial charge in [-0.15, -0.1) is 0 Å². The first kappa shape index (κ1) is 19.2. The van der Waals surface area contributed by atoms with Gasteiger partial charge in [-0.2, -0.15) is 0 Å². The summed E-state index contributed by atoms with van der Waals surface area (Å²) in [4.78, 5) is 0. The van der Waals surface area contributed by atoms with Crippen LogP contribution in [0.25, 0.3) is 55.0 Å². The molecule has 7 rings (SSSR count). The Morgan fingerprint density at radius 1 is 0.382 bits per heavy atom. The highest BCUT2D eigenvalue weighted by molar-refractivity contribution is 6.19. The molecule has 7 aromatic rings.